The standard InChI is InChI=1S/C11H20N2O3/c1-7(2)8(6-12)10(14)13-5-3-4-9(13)11(15)16/h7-9H,3-6,12H2,1-2H3,(H,15,16)/t8?,9-/m0/s1. The third kappa shape index (κ3) is 2.52. The summed E-state index contributed by atoms with van der Waals surface area (Å²) in [5.74, 6) is -1.14. The molecule has 1 rings (SSSR count). The average Bonchev–Trinajstić information content (AvgIpc) is 2.65. The maximum absolute atomic E-state index is 12.1. The zero-order valence-electron chi connectivity index (χ0n) is 9.85. The van der Waals surface area contributed by atoms with Crippen LogP contribution < -0.4 is 5.73 Å². The van der Waals surface area contributed by atoms with Gasteiger partial charge < -0.3 is 15.7 Å². The number of aliphatic carboxylic acids is 1. The zero-order chi connectivity index (χ0) is 12.3. The molecule has 0 aromatic rings. The fourth-order valence-corrected chi connectivity index (χ4v) is 2.16. The smallest absolute Gasteiger partial charge is 0.326 e. The van der Waals surface area contributed by atoms with Gasteiger partial charge in [-0.15, -0.1) is 0 Å². The second-order valence-electron chi connectivity index (χ2n) is 4.61. The van der Waals surface area contributed by atoms with Crippen LogP contribution in [0.5, 0.6) is 0 Å². The second-order valence-corrected chi connectivity index (χ2v) is 4.61. The van der Waals surface area contributed by atoms with Gasteiger partial charge in [-0.2, -0.15) is 0 Å². The number of rotatable bonds is 4. The SMILES string of the molecule is CC(C)C(CN)C(=O)N1CCC[C@H]1C(=O)O. The highest BCUT2D eigenvalue weighted by molar-refractivity contribution is 5.86. The van der Waals surface area contributed by atoms with E-state index in [0.717, 1.165) is 6.42 Å². The normalized spacial score (nSPS) is 22.5. The molecule has 3 N–H and O–H groups in total. The van der Waals surface area contributed by atoms with Gasteiger partial charge in [-0.1, -0.05) is 13.8 Å². The van der Waals surface area contributed by atoms with E-state index < -0.39 is 12.0 Å². The molecule has 5 nitrogen and oxygen atoms in total. The van der Waals surface area contributed by atoms with Gasteiger partial charge in [0.05, 0.1) is 5.92 Å². The van der Waals surface area contributed by atoms with Gasteiger partial charge in [0.25, 0.3) is 0 Å². The minimum atomic E-state index is -0.912. The van der Waals surface area contributed by atoms with Gasteiger partial charge in [0.1, 0.15) is 6.04 Å². The Morgan fingerprint density at radius 1 is 1.50 bits per heavy atom. The first-order chi connectivity index (χ1) is 7.49. The predicted molar refractivity (Wildman–Crippen MR) is 59.8 cm³/mol. The lowest BCUT2D eigenvalue weighted by Crippen LogP contribution is -2.46. The van der Waals surface area contributed by atoms with Crippen molar-refractivity contribution in [1.82, 2.24) is 4.90 Å². The topological polar surface area (TPSA) is 83.6 Å². The van der Waals surface area contributed by atoms with Gasteiger partial charge in [-0.3, -0.25) is 4.79 Å². The van der Waals surface area contributed by atoms with Gasteiger partial charge in [-0.05, 0) is 18.8 Å². The largest absolute Gasteiger partial charge is 0.480 e. The number of carboxylic acids is 1. The van der Waals surface area contributed by atoms with E-state index in [2.05, 4.69) is 0 Å². The van der Waals surface area contributed by atoms with Gasteiger partial charge in [0.2, 0.25) is 5.91 Å². The Bertz CT molecular complexity index is 278. The second kappa shape index (κ2) is 5.30. The van der Waals surface area contributed by atoms with E-state index in [9.17, 15) is 9.59 Å². The van der Waals surface area contributed by atoms with Crippen LogP contribution in [0.25, 0.3) is 0 Å². The third-order valence-corrected chi connectivity index (χ3v) is 3.20. The van der Waals surface area contributed by atoms with E-state index in [0.29, 0.717) is 13.0 Å². The molecule has 5 heteroatoms. The number of carbonyl (C=O) groups excluding carboxylic acids is 1. The summed E-state index contributed by atoms with van der Waals surface area (Å²) in [6, 6.07) is -0.653. The molecule has 0 bridgehead atoms. The summed E-state index contributed by atoms with van der Waals surface area (Å²) in [4.78, 5) is 24.6. The van der Waals surface area contributed by atoms with Crippen molar-refractivity contribution >= 4 is 11.9 Å². The van der Waals surface area contributed by atoms with E-state index in [4.69, 9.17) is 10.8 Å². The molecule has 0 radical (unpaired) electrons. The Labute approximate surface area is 95.6 Å². The highest BCUT2D eigenvalue weighted by Gasteiger charge is 2.37. The van der Waals surface area contributed by atoms with Gasteiger partial charge in [0, 0.05) is 13.1 Å². The molecule has 0 aliphatic carbocycles. The van der Waals surface area contributed by atoms with Crippen molar-refractivity contribution in [3.05, 3.63) is 0 Å². The van der Waals surface area contributed by atoms with Crippen LogP contribution in [-0.4, -0.2) is 41.0 Å². The van der Waals surface area contributed by atoms with Crippen molar-refractivity contribution in [2.45, 2.75) is 32.7 Å². The predicted octanol–water partition coefficient (Wildman–Crippen LogP) is 0.293. The van der Waals surface area contributed by atoms with Crippen LogP contribution in [0.3, 0.4) is 0 Å². The molecule has 0 aromatic carbocycles. The van der Waals surface area contributed by atoms with Crippen LogP contribution in [0.15, 0.2) is 0 Å². The zero-order valence-corrected chi connectivity index (χ0v) is 9.85. The Morgan fingerprint density at radius 3 is 2.56 bits per heavy atom. The number of hydrogen-bond acceptors (Lipinski definition) is 3. The molecular formula is C11H20N2O3. The van der Waals surface area contributed by atoms with Gasteiger partial charge in [0.15, 0.2) is 0 Å². The van der Waals surface area contributed by atoms with Crippen LogP contribution in [0.2, 0.25) is 0 Å². The van der Waals surface area contributed by atoms with Crippen LogP contribution in [-0.2, 0) is 9.59 Å². The first-order valence-electron chi connectivity index (χ1n) is 5.72. The van der Waals surface area contributed by atoms with Crippen molar-refractivity contribution in [1.29, 1.82) is 0 Å². The summed E-state index contributed by atoms with van der Waals surface area (Å²) < 4.78 is 0. The van der Waals surface area contributed by atoms with Crippen molar-refractivity contribution in [3.63, 3.8) is 0 Å². The first-order valence-corrected chi connectivity index (χ1v) is 5.72. The van der Waals surface area contributed by atoms with E-state index in [1.165, 1.54) is 4.90 Å². The van der Waals surface area contributed by atoms with E-state index in [-0.39, 0.29) is 24.3 Å². The molecule has 1 heterocycles. The number of nitrogens with zero attached hydrogens (tertiary/aromatic N) is 1. The van der Waals surface area contributed by atoms with Gasteiger partial charge >= 0.3 is 5.97 Å². The number of hydrogen-bond donors (Lipinski definition) is 2. The number of carbonyl (C=O) groups is 2. The Kier molecular flexibility index (Phi) is 4.29. The fourth-order valence-electron chi connectivity index (χ4n) is 2.16. The molecule has 1 aliphatic heterocycles. The number of nitrogens with two attached hydrogens (primary N) is 1. The van der Waals surface area contributed by atoms with Crippen molar-refractivity contribution in [3.8, 4) is 0 Å². The minimum absolute atomic E-state index is 0.109. The summed E-state index contributed by atoms with van der Waals surface area (Å²) in [6.07, 6.45) is 1.31. The average molecular weight is 228 g/mol. The number of likely N-dealkylation sites (tertiary alicyclic amines) is 1. The molecule has 0 spiro atoms. The highest BCUT2D eigenvalue weighted by Crippen LogP contribution is 2.22. The molecule has 0 aromatic heterocycles. The Morgan fingerprint density at radius 2 is 2.12 bits per heavy atom. The minimum Gasteiger partial charge on any atom is -0.480 e. The van der Waals surface area contributed by atoms with E-state index >= 15 is 0 Å². The van der Waals surface area contributed by atoms with Crippen LogP contribution in [0.1, 0.15) is 26.7 Å². The van der Waals surface area contributed by atoms with Crippen molar-refractivity contribution in [2.75, 3.05) is 13.1 Å². The maximum atomic E-state index is 12.1. The molecule has 1 amide bonds. The lowest BCUT2D eigenvalue weighted by molar-refractivity contribution is -0.150. The molecule has 1 saturated heterocycles. The summed E-state index contributed by atoms with van der Waals surface area (Å²) >= 11 is 0. The van der Waals surface area contributed by atoms with Crippen LogP contribution >= 0.6 is 0 Å². The monoisotopic (exact) mass is 228 g/mol. The number of carboxylic acid groups (broad SMARTS) is 1. The van der Waals surface area contributed by atoms with E-state index in [1.807, 2.05) is 13.8 Å². The van der Waals surface area contributed by atoms with Crippen molar-refractivity contribution in [2.24, 2.45) is 17.6 Å². The van der Waals surface area contributed by atoms with E-state index in [1.54, 1.807) is 0 Å². The molecule has 1 aliphatic rings. The van der Waals surface area contributed by atoms with Gasteiger partial charge in [-0.25, -0.2) is 4.79 Å². The maximum Gasteiger partial charge on any atom is 0.326 e. The Hall–Kier alpha value is -1.10. The first kappa shape index (κ1) is 13.0. The van der Waals surface area contributed by atoms with Crippen LogP contribution in [0.4, 0.5) is 0 Å². The molecule has 0 saturated carbocycles. The lowest BCUT2D eigenvalue weighted by Gasteiger charge is -2.27. The summed E-state index contributed by atoms with van der Waals surface area (Å²) in [7, 11) is 0. The van der Waals surface area contributed by atoms with Crippen LogP contribution in [0, 0.1) is 11.8 Å². The molecule has 1 unspecified atom stereocenters. The molecule has 2 atom stereocenters. The number of amides is 1. The molecule has 16 heavy (non-hydrogen) atoms. The third-order valence-electron chi connectivity index (χ3n) is 3.20. The summed E-state index contributed by atoms with van der Waals surface area (Å²) in [5, 5.41) is 9.00. The summed E-state index contributed by atoms with van der Waals surface area (Å²) in [5.41, 5.74) is 5.57. The quantitative estimate of drug-likeness (QED) is 0.724. The molecule has 1 fully saturated rings. The highest BCUT2D eigenvalue weighted by atomic mass is 16.4. The lowest BCUT2D eigenvalue weighted by atomic mass is 9.94. The Balaban J connectivity index is 2.75. The fraction of sp³-hybridized carbons (Fsp3) is 0.818. The molecular weight excluding hydrogens is 208 g/mol. The summed E-state index contributed by atoms with van der Waals surface area (Å²) in [6.45, 7) is 4.68. The molecule has 92 valence electrons. The van der Waals surface area contributed by atoms with Crippen molar-refractivity contribution < 1.29 is 14.7 Å².